The molecule has 1 N–H and O–H groups in total. The second-order valence-electron chi connectivity index (χ2n) is 3.91. The average Bonchev–Trinajstić information content (AvgIpc) is 2.29. The molecule has 0 radical (unpaired) electrons. The number of rotatable bonds is 1. The lowest BCUT2D eigenvalue weighted by molar-refractivity contribution is 0.0651. The lowest BCUT2D eigenvalue weighted by atomic mass is 10.1. The van der Waals surface area contributed by atoms with Gasteiger partial charge in [-0.1, -0.05) is 0 Å². The summed E-state index contributed by atoms with van der Waals surface area (Å²) in [6.07, 6.45) is 2.50. The predicted octanol–water partition coefficient (Wildman–Crippen LogP) is 1.50. The van der Waals surface area contributed by atoms with Crippen LogP contribution < -0.4 is 5.32 Å². The molecule has 102 valence electrons. The second-order valence-corrected chi connectivity index (χ2v) is 3.91. The SMILES string of the molecule is C[C@H]1CNCCN1C(=O)c1ccncc1F.Cl.Cl. The Morgan fingerprint density at radius 2 is 2.28 bits per heavy atom. The number of hydrogen-bond donors (Lipinski definition) is 1. The van der Waals surface area contributed by atoms with E-state index in [2.05, 4.69) is 10.3 Å². The van der Waals surface area contributed by atoms with Gasteiger partial charge in [-0.2, -0.15) is 0 Å². The second kappa shape index (κ2) is 7.51. The average molecular weight is 296 g/mol. The topological polar surface area (TPSA) is 45.2 Å². The van der Waals surface area contributed by atoms with E-state index in [9.17, 15) is 9.18 Å². The van der Waals surface area contributed by atoms with Crippen LogP contribution in [0.5, 0.6) is 0 Å². The van der Waals surface area contributed by atoms with Crippen LogP contribution >= 0.6 is 24.8 Å². The van der Waals surface area contributed by atoms with Crippen molar-refractivity contribution in [2.45, 2.75) is 13.0 Å². The fraction of sp³-hybridized carbons (Fsp3) is 0.455. The highest BCUT2D eigenvalue weighted by molar-refractivity contribution is 5.94. The highest BCUT2D eigenvalue weighted by Gasteiger charge is 2.25. The maximum absolute atomic E-state index is 13.4. The fourth-order valence-corrected chi connectivity index (χ4v) is 1.85. The molecule has 1 aromatic rings. The number of carbonyl (C=O) groups is 1. The molecule has 0 aromatic carbocycles. The fourth-order valence-electron chi connectivity index (χ4n) is 1.85. The Labute approximate surface area is 118 Å². The highest BCUT2D eigenvalue weighted by atomic mass is 35.5. The molecule has 1 aromatic heterocycles. The zero-order chi connectivity index (χ0) is 11.5. The Morgan fingerprint density at radius 3 is 2.89 bits per heavy atom. The number of nitrogens with zero attached hydrogens (tertiary/aromatic N) is 2. The van der Waals surface area contributed by atoms with E-state index in [1.807, 2.05) is 6.92 Å². The standard InChI is InChI=1S/C11H14FN3O.2ClH/c1-8-6-14-4-5-15(8)11(16)9-2-3-13-7-10(9)12;;/h2-3,7-8,14H,4-6H2,1H3;2*1H/t8-;;/m0../s1. The molecule has 1 aliphatic heterocycles. The Morgan fingerprint density at radius 1 is 1.56 bits per heavy atom. The Kier molecular flexibility index (Phi) is 7.13. The third kappa shape index (κ3) is 3.54. The number of nitrogens with one attached hydrogen (secondary N) is 1. The monoisotopic (exact) mass is 295 g/mol. The van der Waals surface area contributed by atoms with E-state index in [0.29, 0.717) is 6.54 Å². The maximum Gasteiger partial charge on any atom is 0.257 e. The van der Waals surface area contributed by atoms with Crippen molar-refractivity contribution in [1.29, 1.82) is 0 Å². The number of aromatic nitrogens is 1. The summed E-state index contributed by atoms with van der Waals surface area (Å²) in [6, 6.07) is 1.51. The number of pyridine rings is 1. The normalized spacial score (nSPS) is 18.6. The van der Waals surface area contributed by atoms with E-state index < -0.39 is 5.82 Å². The van der Waals surface area contributed by atoms with Crippen LogP contribution in [0.1, 0.15) is 17.3 Å². The van der Waals surface area contributed by atoms with Crippen molar-refractivity contribution in [3.8, 4) is 0 Å². The van der Waals surface area contributed by atoms with E-state index in [-0.39, 0.29) is 42.3 Å². The third-order valence-electron chi connectivity index (χ3n) is 2.77. The molecular weight excluding hydrogens is 280 g/mol. The molecule has 7 heteroatoms. The number of carbonyl (C=O) groups excluding carboxylic acids is 1. The molecule has 0 bridgehead atoms. The van der Waals surface area contributed by atoms with Crippen molar-refractivity contribution in [2.75, 3.05) is 19.6 Å². The zero-order valence-electron chi connectivity index (χ0n) is 9.93. The number of hydrogen-bond acceptors (Lipinski definition) is 3. The summed E-state index contributed by atoms with van der Waals surface area (Å²) >= 11 is 0. The van der Waals surface area contributed by atoms with E-state index in [4.69, 9.17) is 0 Å². The minimum absolute atomic E-state index is 0. The number of halogens is 3. The summed E-state index contributed by atoms with van der Waals surface area (Å²) in [5.41, 5.74) is 0.101. The lowest BCUT2D eigenvalue weighted by Gasteiger charge is -2.34. The van der Waals surface area contributed by atoms with Gasteiger partial charge >= 0.3 is 0 Å². The molecule has 1 amide bonds. The van der Waals surface area contributed by atoms with Crippen LogP contribution in [0, 0.1) is 5.82 Å². The molecule has 0 spiro atoms. The summed E-state index contributed by atoms with van der Waals surface area (Å²) < 4.78 is 13.4. The van der Waals surface area contributed by atoms with E-state index in [0.717, 1.165) is 19.3 Å². The molecule has 1 saturated heterocycles. The first-order valence-electron chi connectivity index (χ1n) is 5.31. The van der Waals surface area contributed by atoms with Crippen LogP contribution in [-0.4, -0.2) is 41.5 Å². The number of amides is 1. The van der Waals surface area contributed by atoms with Crippen molar-refractivity contribution in [2.24, 2.45) is 0 Å². The van der Waals surface area contributed by atoms with Crippen molar-refractivity contribution < 1.29 is 9.18 Å². The van der Waals surface area contributed by atoms with Crippen molar-refractivity contribution >= 4 is 30.7 Å². The van der Waals surface area contributed by atoms with Crippen LogP contribution in [0.3, 0.4) is 0 Å². The quantitative estimate of drug-likeness (QED) is 0.854. The van der Waals surface area contributed by atoms with Gasteiger partial charge in [-0.25, -0.2) is 4.39 Å². The molecule has 1 fully saturated rings. The minimum atomic E-state index is -0.557. The van der Waals surface area contributed by atoms with E-state index in [1.165, 1.54) is 12.3 Å². The summed E-state index contributed by atoms with van der Waals surface area (Å²) in [4.78, 5) is 17.4. The van der Waals surface area contributed by atoms with Crippen LogP contribution in [0.15, 0.2) is 18.5 Å². The minimum Gasteiger partial charge on any atom is -0.333 e. The smallest absolute Gasteiger partial charge is 0.257 e. The van der Waals surface area contributed by atoms with Gasteiger partial charge in [0.25, 0.3) is 5.91 Å². The van der Waals surface area contributed by atoms with Gasteiger partial charge in [0.05, 0.1) is 11.8 Å². The largest absolute Gasteiger partial charge is 0.333 e. The summed E-state index contributed by atoms with van der Waals surface area (Å²) in [6.45, 7) is 4.06. The van der Waals surface area contributed by atoms with Gasteiger partial charge in [0.15, 0.2) is 5.82 Å². The molecule has 18 heavy (non-hydrogen) atoms. The molecule has 1 atom stereocenters. The van der Waals surface area contributed by atoms with E-state index >= 15 is 0 Å². The van der Waals surface area contributed by atoms with Crippen molar-refractivity contribution in [3.63, 3.8) is 0 Å². The number of piperazine rings is 1. The first kappa shape index (κ1) is 17.1. The van der Waals surface area contributed by atoms with Crippen LogP contribution in [0.2, 0.25) is 0 Å². The first-order chi connectivity index (χ1) is 7.70. The molecule has 2 rings (SSSR count). The van der Waals surface area contributed by atoms with Gasteiger partial charge in [0, 0.05) is 31.9 Å². The zero-order valence-corrected chi connectivity index (χ0v) is 11.6. The molecule has 0 saturated carbocycles. The summed E-state index contributed by atoms with van der Waals surface area (Å²) in [7, 11) is 0. The van der Waals surface area contributed by atoms with Gasteiger partial charge in [0.2, 0.25) is 0 Å². The molecular formula is C11H16Cl2FN3O. The Bertz CT molecular complexity index is 406. The van der Waals surface area contributed by atoms with Crippen molar-refractivity contribution in [1.82, 2.24) is 15.2 Å². The molecule has 1 aliphatic rings. The highest BCUT2D eigenvalue weighted by Crippen LogP contribution is 2.12. The lowest BCUT2D eigenvalue weighted by Crippen LogP contribution is -2.52. The van der Waals surface area contributed by atoms with Crippen LogP contribution in [0.4, 0.5) is 4.39 Å². The molecule has 4 nitrogen and oxygen atoms in total. The van der Waals surface area contributed by atoms with Gasteiger partial charge in [-0.15, -0.1) is 24.8 Å². The van der Waals surface area contributed by atoms with Crippen molar-refractivity contribution in [3.05, 3.63) is 29.8 Å². The molecule has 2 heterocycles. The van der Waals surface area contributed by atoms with Gasteiger partial charge in [-0.3, -0.25) is 9.78 Å². The Balaban J connectivity index is 0.00000144. The van der Waals surface area contributed by atoms with Gasteiger partial charge in [-0.05, 0) is 13.0 Å². The first-order valence-corrected chi connectivity index (χ1v) is 5.31. The Hall–Kier alpha value is -0.910. The molecule has 0 unspecified atom stereocenters. The maximum atomic E-state index is 13.4. The van der Waals surface area contributed by atoms with E-state index in [1.54, 1.807) is 4.90 Å². The summed E-state index contributed by atoms with van der Waals surface area (Å²) in [5, 5.41) is 3.19. The third-order valence-corrected chi connectivity index (χ3v) is 2.77. The van der Waals surface area contributed by atoms with Crippen LogP contribution in [0.25, 0.3) is 0 Å². The van der Waals surface area contributed by atoms with Crippen LogP contribution in [-0.2, 0) is 0 Å². The van der Waals surface area contributed by atoms with Gasteiger partial charge in [0.1, 0.15) is 0 Å². The molecule has 0 aliphatic carbocycles. The van der Waals surface area contributed by atoms with Gasteiger partial charge < -0.3 is 10.2 Å². The predicted molar refractivity (Wildman–Crippen MR) is 72.1 cm³/mol. The summed E-state index contributed by atoms with van der Waals surface area (Å²) in [5.74, 6) is -0.813.